The average Bonchev–Trinajstić information content (AvgIpc) is 2.49. The number of hydrogen-bond acceptors (Lipinski definition) is 4. The molecular weight excluding hydrogens is 328 g/mol. The van der Waals surface area contributed by atoms with Gasteiger partial charge in [0.05, 0.1) is 17.1 Å². The van der Waals surface area contributed by atoms with E-state index < -0.39 is 0 Å². The van der Waals surface area contributed by atoms with Crippen LogP contribution in [0.1, 0.15) is 15.9 Å². The Kier molecular flexibility index (Phi) is 5.89. The molecule has 0 saturated heterocycles. The number of carbonyl (C=O) groups is 2. The molecule has 0 fully saturated rings. The highest BCUT2D eigenvalue weighted by molar-refractivity contribution is 6.34. The van der Waals surface area contributed by atoms with Crippen molar-refractivity contribution in [1.29, 1.82) is 0 Å². The maximum atomic E-state index is 12.2. The van der Waals surface area contributed by atoms with Gasteiger partial charge in [0.25, 0.3) is 5.91 Å². The third kappa shape index (κ3) is 4.78. The summed E-state index contributed by atoms with van der Waals surface area (Å²) in [6.07, 6.45) is 2.93. The molecule has 0 saturated carbocycles. The third-order valence-electron chi connectivity index (χ3n) is 3.24. The molecule has 0 aliphatic rings. The lowest BCUT2D eigenvalue weighted by Crippen LogP contribution is -2.27. The Balaban J connectivity index is 2.08. The first-order valence-corrected chi connectivity index (χ1v) is 7.70. The number of halogens is 1. The quantitative estimate of drug-likeness (QED) is 0.873. The van der Waals surface area contributed by atoms with Crippen molar-refractivity contribution in [2.45, 2.75) is 6.92 Å². The second-order valence-corrected chi connectivity index (χ2v) is 6.03. The molecule has 0 aliphatic heterocycles. The maximum absolute atomic E-state index is 12.2. The summed E-state index contributed by atoms with van der Waals surface area (Å²) < 4.78 is 0. The molecule has 0 unspecified atom stereocenters. The van der Waals surface area contributed by atoms with E-state index in [9.17, 15) is 9.59 Å². The SMILES string of the molecule is Cc1cc(NC(=O)c2ccncc2Cl)ccc1NC(=O)CN(C)C. The molecule has 0 spiro atoms. The number of aryl methyl sites for hydroxylation is 1. The minimum absolute atomic E-state index is 0.0940. The van der Waals surface area contributed by atoms with Crippen LogP contribution >= 0.6 is 11.6 Å². The molecule has 1 aromatic heterocycles. The van der Waals surface area contributed by atoms with E-state index in [4.69, 9.17) is 11.6 Å². The summed E-state index contributed by atoms with van der Waals surface area (Å²) in [6.45, 7) is 2.17. The fourth-order valence-electron chi connectivity index (χ4n) is 2.12. The molecule has 0 radical (unpaired) electrons. The zero-order chi connectivity index (χ0) is 17.7. The van der Waals surface area contributed by atoms with Gasteiger partial charge in [0.1, 0.15) is 0 Å². The van der Waals surface area contributed by atoms with Crippen LogP contribution in [0.2, 0.25) is 5.02 Å². The lowest BCUT2D eigenvalue weighted by atomic mass is 10.1. The number of hydrogen-bond donors (Lipinski definition) is 2. The lowest BCUT2D eigenvalue weighted by Gasteiger charge is -2.13. The van der Waals surface area contributed by atoms with Gasteiger partial charge in [0.15, 0.2) is 0 Å². The number of pyridine rings is 1. The predicted molar refractivity (Wildman–Crippen MR) is 95.6 cm³/mol. The fraction of sp³-hybridized carbons (Fsp3) is 0.235. The monoisotopic (exact) mass is 346 g/mol. The van der Waals surface area contributed by atoms with Crippen LogP contribution in [-0.2, 0) is 4.79 Å². The number of benzene rings is 1. The summed E-state index contributed by atoms with van der Waals surface area (Å²) in [6, 6.07) is 6.83. The zero-order valence-corrected chi connectivity index (χ0v) is 14.5. The van der Waals surface area contributed by atoms with E-state index in [1.165, 1.54) is 12.4 Å². The molecule has 1 heterocycles. The van der Waals surface area contributed by atoms with Crippen LogP contribution in [0.5, 0.6) is 0 Å². The molecule has 1 aromatic carbocycles. The van der Waals surface area contributed by atoms with Gasteiger partial charge in [-0.1, -0.05) is 11.6 Å². The number of nitrogens with one attached hydrogen (secondary N) is 2. The first kappa shape index (κ1) is 17.9. The smallest absolute Gasteiger partial charge is 0.257 e. The van der Waals surface area contributed by atoms with E-state index in [1.54, 1.807) is 29.2 Å². The van der Waals surface area contributed by atoms with Crippen LogP contribution in [0, 0.1) is 6.92 Å². The highest BCUT2D eigenvalue weighted by atomic mass is 35.5. The predicted octanol–water partition coefficient (Wildman–Crippen LogP) is 2.80. The molecule has 2 aromatic rings. The van der Waals surface area contributed by atoms with Crippen molar-refractivity contribution >= 4 is 34.8 Å². The third-order valence-corrected chi connectivity index (χ3v) is 3.54. The van der Waals surface area contributed by atoms with Gasteiger partial charge in [-0.25, -0.2) is 0 Å². The van der Waals surface area contributed by atoms with Crippen LogP contribution in [0.4, 0.5) is 11.4 Å². The largest absolute Gasteiger partial charge is 0.325 e. The van der Waals surface area contributed by atoms with Gasteiger partial charge in [-0.05, 0) is 50.8 Å². The summed E-state index contributed by atoms with van der Waals surface area (Å²) in [7, 11) is 3.66. The van der Waals surface area contributed by atoms with Crippen LogP contribution in [0.3, 0.4) is 0 Å². The Bertz CT molecular complexity index is 762. The highest BCUT2D eigenvalue weighted by Crippen LogP contribution is 2.21. The van der Waals surface area contributed by atoms with Crippen molar-refractivity contribution in [2.75, 3.05) is 31.3 Å². The van der Waals surface area contributed by atoms with Gasteiger partial charge in [-0.15, -0.1) is 0 Å². The Hall–Kier alpha value is -2.44. The second kappa shape index (κ2) is 7.90. The Labute approximate surface area is 145 Å². The Morgan fingerprint density at radius 2 is 1.96 bits per heavy atom. The van der Waals surface area contributed by atoms with Crippen LogP contribution in [0.15, 0.2) is 36.7 Å². The molecule has 24 heavy (non-hydrogen) atoms. The van der Waals surface area contributed by atoms with Gasteiger partial charge < -0.3 is 15.5 Å². The molecule has 0 aliphatic carbocycles. The van der Waals surface area contributed by atoms with Gasteiger partial charge >= 0.3 is 0 Å². The number of carbonyl (C=O) groups excluding carboxylic acids is 2. The highest BCUT2D eigenvalue weighted by Gasteiger charge is 2.11. The van der Waals surface area contributed by atoms with Crippen molar-refractivity contribution in [2.24, 2.45) is 0 Å². The normalized spacial score (nSPS) is 10.5. The Morgan fingerprint density at radius 1 is 1.21 bits per heavy atom. The molecule has 0 atom stereocenters. The van der Waals surface area contributed by atoms with Crippen molar-refractivity contribution < 1.29 is 9.59 Å². The average molecular weight is 347 g/mol. The van der Waals surface area contributed by atoms with E-state index in [0.717, 1.165) is 5.56 Å². The molecule has 0 bridgehead atoms. The maximum Gasteiger partial charge on any atom is 0.257 e. The Morgan fingerprint density at radius 3 is 2.58 bits per heavy atom. The first-order valence-electron chi connectivity index (χ1n) is 7.33. The minimum atomic E-state index is -0.314. The first-order chi connectivity index (χ1) is 11.4. The lowest BCUT2D eigenvalue weighted by molar-refractivity contribution is -0.116. The molecular formula is C17H19ClN4O2. The van der Waals surface area contributed by atoms with Gasteiger partial charge in [-0.3, -0.25) is 14.6 Å². The van der Waals surface area contributed by atoms with Crippen LogP contribution in [0.25, 0.3) is 0 Å². The van der Waals surface area contributed by atoms with Crippen LogP contribution < -0.4 is 10.6 Å². The van der Waals surface area contributed by atoms with E-state index in [1.807, 2.05) is 21.0 Å². The molecule has 2 amide bonds. The van der Waals surface area contributed by atoms with Gasteiger partial charge in [-0.2, -0.15) is 0 Å². The minimum Gasteiger partial charge on any atom is -0.325 e. The topological polar surface area (TPSA) is 74.3 Å². The standard InChI is InChI=1S/C17H19ClN4O2/c1-11-8-12(4-5-15(11)21-16(23)10-22(2)3)20-17(24)13-6-7-19-9-14(13)18/h4-9H,10H2,1-3H3,(H,20,24)(H,21,23). The fourth-order valence-corrected chi connectivity index (χ4v) is 2.32. The summed E-state index contributed by atoms with van der Waals surface area (Å²) in [5.74, 6) is -0.408. The summed E-state index contributed by atoms with van der Waals surface area (Å²) in [5, 5.41) is 5.91. The number of aromatic nitrogens is 1. The summed E-state index contributed by atoms with van der Waals surface area (Å²) in [4.78, 5) is 29.7. The molecule has 126 valence electrons. The van der Waals surface area contributed by atoms with Crippen molar-refractivity contribution in [1.82, 2.24) is 9.88 Å². The molecule has 7 heteroatoms. The van der Waals surface area contributed by atoms with E-state index >= 15 is 0 Å². The molecule has 2 rings (SSSR count). The van der Waals surface area contributed by atoms with Crippen LogP contribution in [-0.4, -0.2) is 42.3 Å². The van der Waals surface area contributed by atoms with Crippen molar-refractivity contribution in [3.05, 3.63) is 52.8 Å². The molecule has 2 N–H and O–H groups in total. The second-order valence-electron chi connectivity index (χ2n) is 5.63. The van der Waals surface area contributed by atoms with E-state index in [2.05, 4.69) is 15.6 Å². The number of rotatable bonds is 5. The number of amides is 2. The zero-order valence-electron chi connectivity index (χ0n) is 13.8. The summed E-state index contributed by atoms with van der Waals surface area (Å²) >= 11 is 5.97. The summed E-state index contributed by atoms with van der Waals surface area (Å²) in [5.41, 5.74) is 2.53. The van der Waals surface area contributed by atoms with Gasteiger partial charge in [0, 0.05) is 23.8 Å². The van der Waals surface area contributed by atoms with Crippen molar-refractivity contribution in [3.8, 4) is 0 Å². The van der Waals surface area contributed by atoms with Crippen molar-refractivity contribution in [3.63, 3.8) is 0 Å². The van der Waals surface area contributed by atoms with E-state index in [-0.39, 0.29) is 11.8 Å². The van der Waals surface area contributed by atoms with Gasteiger partial charge in [0.2, 0.25) is 5.91 Å². The molecule has 6 nitrogen and oxygen atoms in total. The number of nitrogens with zero attached hydrogens (tertiary/aromatic N) is 2. The van der Waals surface area contributed by atoms with E-state index in [0.29, 0.717) is 28.5 Å². The number of anilines is 2. The number of likely N-dealkylation sites (N-methyl/N-ethyl adjacent to an activating group) is 1.